The zero-order chi connectivity index (χ0) is 11.5. The normalized spacial score (nSPS) is 17.9. The summed E-state index contributed by atoms with van der Waals surface area (Å²) in [7, 11) is 0. The third-order valence-corrected chi connectivity index (χ3v) is 2.80. The predicted octanol–water partition coefficient (Wildman–Crippen LogP) is -0.297. The van der Waals surface area contributed by atoms with Crippen molar-refractivity contribution in [1.29, 1.82) is 0 Å². The molecule has 0 unspecified atom stereocenters. The maximum absolute atomic E-state index is 11.6. The summed E-state index contributed by atoms with van der Waals surface area (Å²) in [5.41, 5.74) is 5.65. The second kappa shape index (κ2) is 4.63. The number of carbonyl (C=O) groups is 1. The molecule has 2 rings (SSSR count). The fourth-order valence-corrected chi connectivity index (χ4v) is 1.55. The lowest BCUT2D eigenvalue weighted by Crippen LogP contribution is -2.44. The number of carbonyl (C=O) groups excluding carboxylic acids is 1. The zero-order valence-corrected chi connectivity index (χ0v) is 9.31. The van der Waals surface area contributed by atoms with E-state index in [-0.39, 0.29) is 5.91 Å². The third kappa shape index (κ3) is 2.07. The van der Waals surface area contributed by atoms with Gasteiger partial charge in [0, 0.05) is 19.2 Å². The smallest absolute Gasteiger partial charge is 0.242 e. The molecular formula is C10H17N5O. The van der Waals surface area contributed by atoms with Crippen LogP contribution in [-0.4, -0.2) is 34.8 Å². The molecule has 0 saturated carbocycles. The molecule has 0 aromatic carbocycles. The van der Waals surface area contributed by atoms with E-state index in [1.54, 1.807) is 12.3 Å². The molecule has 6 heteroatoms. The van der Waals surface area contributed by atoms with Crippen molar-refractivity contribution in [2.75, 3.05) is 18.4 Å². The van der Waals surface area contributed by atoms with Crippen molar-refractivity contribution < 1.29 is 4.79 Å². The average Bonchev–Trinajstić information content (AvgIpc) is 2.62. The molecule has 0 spiro atoms. The van der Waals surface area contributed by atoms with E-state index in [2.05, 4.69) is 15.7 Å². The summed E-state index contributed by atoms with van der Waals surface area (Å²) in [5, 5.41) is 10.2. The van der Waals surface area contributed by atoms with Crippen molar-refractivity contribution in [2.24, 2.45) is 5.73 Å². The topological polar surface area (TPSA) is 85.0 Å². The van der Waals surface area contributed by atoms with Gasteiger partial charge in [0.25, 0.3) is 0 Å². The minimum absolute atomic E-state index is 0.156. The van der Waals surface area contributed by atoms with E-state index in [0.717, 1.165) is 18.9 Å². The number of aromatic nitrogens is 2. The SMILES string of the molecule is CC[C@H](N)C(=O)Nc1ccnn1C1CNC1. The lowest BCUT2D eigenvalue weighted by atomic mass is 10.2. The summed E-state index contributed by atoms with van der Waals surface area (Å²) in [6.45, 7) is 3.67. The van der Waals surface area contributed by atoms with Gasteiger partial charge in [-0.2, -0.15) is 5.10 Å². The Bertz CT molecular complexity index is 371. The molecule has 0 aliphatic carbocycles. The van der Waals surface area contributed by atoms with Gasteiger partial charge in [0.1, 0.15) is 5.82 Å². The molecule has 0 bridgehead atoms. The second-order valence-electron chi connectivity index (χ2n) is 3.98. The van der Waals surface area contributed by atoms with Crippen LogP contribution in [0.25, 0.3) is 0 Å². The Balaban J connectivity index is 2.03. The van der Waals surface area contributed by atoms with Crippen molar-refractivity contribution in [1.82, 2.24) is 15.1 Å². The minimum atomic E-state index is -0.456. The first-order chi connectivity index (χ1) is 7.72. The van der Waals surface area contributed by atoms with Crippen LogP contribution in [0.15, 0.2) is 12.3 Å². The highest BCUT2D eigenvalue weighted by Crippen LogP contribution is 2.17. The number of nitrogens with zero attached hydrogens (tertiary/aromatic N) is 2. The van der Waals surface area contributed by atoms with Gasteiger partial charge in [0.05, 0.1) is 18.3 Å². The number of hydrogen-bond donors (Lipinski definition) is 3. The Morgan fingerprint density at radius 3 is 3.12 bits per heavy atom. The Morgan fingerprint density at radius 1 is 1.81 bits per heavy atom. The molecule has 1 amide bonds. The van der Waals surface area contributed by atoms with Crippen molar-refractivity contribution in [3.8, 4) is 0 Å². The largest absolute Gasteiger partial charge is 0.320 e. The van der Waals surface area contributed by atoms with E-state index in [1.165, 1.54) is 0 Å². The summed E-state index contributed by atoms with van der Waals surface area (Å²) < 4.78 is 1.83. The molecule has 1 fully saturated rings. The van der Waals surface area contributed by atoms with Crippen molar-refractivity contribution in [3.05, 3.63) is 12.3 Å². The molecule has 88 valence electrons. The van der Waals surface area contributed by atoms with Crippen LogP contribution in [-0.2, 0) is 4.79 Å². The number of nitrogens with one attached hydrogen (secondary N) is 2. The molecule has 1 atom stereocenters. The minimum Gasteiger partial charge on any atom is -0.320 e. The van der Waals surface area contributed by atoms with Crippen LogP contribution in [0.4, 0.5) is 5.82 Å². The third-order valence-electron chi connectivity index (χ3n) is 2.80. The van der Waals surface area contributed by atoms with Crippen LogP contribution in [0.1, 0.15) is 19.4 Å². The maximum Gasteiger partial charge on any atom is 0.242 e. The van der Waals surface area contributed by atoms with Crippen LogP contribution in [0, 0.1) is 0 Å². The molecular weight excluding hydrogens is 206 g/mol. The Kier molecular flexibility index (Phi) is 3.21. The van der Waals surface area contributed by atoms with Gasteiger partial charge in [0.15, 0.2) is 0 Å². The Morgan fingerprint density at radius 2 is 2.56 bits per heavy atom. The number of anilines is 1. The van der Waals surface area contributed by atoms with Crippen LogP contribution in [0.2, 0.25) is 0 Å². The fourth-order valence-electron chi connectivity index (χ4n) is 1.55. The maximum atomic E-state index is 11.6. The highest BCUT2D eigenvalue weighted by molar-refractivity contribution is 5.93. The van der Waals surface area contributed by atoms with E-state index in [4.69, 9.17) is 5.73 Å². The van der Waals surface area contributed by atoms with Crippen LogP contribution in [0.5, 0.6) is 0 Å². The van der Waals surface area contributed by atoms with Gasteiger partial charge >= 0.3 is 0 Å². The van der Waals surface area contributed by atoms with E-state index in [9.17, 15) is 4.79 Å². The molecule has 6 nitrogen and oxygen atoms in total. The molecule has 1 aromatic rings. The summed E-state index contributed by atoms with van der Waals surface area (Å²) in [6, 6.07) is 1.67. The van der Waals surface area contributed by atoms with Gasteiger partial charge in [0.2, 0.25) is 5.91 Å². The van der Waals surface area contributed by atoms with E-state index in [0.29, 0.717) is 12.5 Å². The van der Waals surface area contributed by atoms with Gasteiger partial charge in [-0.3, -0.25) is 4.79 Å². The summed E-state index contributed by atoms with van der Waals surface area (Å²) in [5.74, 6) is 0.567. The van der Waals surface area contributed by atoms with Crippen molar-refractivity contribution in [2.45, 2.75) is 25.4 Å². The molecule has 2 heterocycles. The first kappa shape index (κ1) is 11.1. The van der Waals surface area contributed by atoms with Crippen LogP contribution < -0.4 is 16.4 Å². The molecule has 1 aliphatic rings. The molecule has 0 radical (unpaired) electrons. The van der Waals surface area contributed by atoms with Gasteiger partial charge < -0.3 is 16.4 Å². The molecule has 1 saturated heterocycles. The zero-order valence-electron chi connectivity index (χ0n) is 9.31. The van der Waals surface area contributed by atoms with E-state index in [1.807, 2.05) is 11.6 Å². The summed E-state index contributed by atoms with van der Waals surface area (Å²) >= 11 is 0. The standard InChI is InChI=1S/C10H17N5O/c1-2-8(11)10(16)14-9-3-4-13-15(9)7-5-12-6-7/h3-4,7-8,12H,2,5-6,11H2,1H3,(H,14,16)/t8-/m0/s1. The Hall–Kier alpha value is -1.40. The highest BCUT2D eigenvalue weighted by atomic mass is 16.2. The van der Waals surface area contributed by atoms with Crippen LogP contribution >= 0.6 is 0 Å². The van der Waals surface area contributed by atoms with Crippen molar-refractivity contribution in [3.63, 3.8) is 0 Å². The summed E-state index contributed by atoms with van der Waals surface area (Å²) in [6.07, 6.45) is 2.32. The number of hydrogen-bond acceptors (Lipinski definition) is 4. The van der Waals surface area contributed by atoms with Crippen LogP contribution in [0.3, 0.4) is 0 Å². The van der Waals surface area contributed by atoms with Gasteiger partial charge in [-0.1, -0.05) is 6.92 Å². The van der Waals surface area contributed by atoms with Gasteiger partial charge in [-0.05, 0) is 6.42 Å². The molecule has 1 aliphatic heterocycles. The van der Waals surface area contributed by atoms with E-state index < -0.39 is 6.04 Å². The Labute approximate surface area is 94.2 Å². The van der Waals surface area contributed by atoms with Crippen molar-refractivity contribution >= 4 is 11.7 Å². The molecule has 4 N–H and O–H groups in total. The monoisotopic (exact) mass is 223 g/mol. The number of rotatable bonds is 4. The second-order valence-corrected chi connectivity index (χ2v) is 3.98. The predicted molar refractivity (Wildman–Crippen MR) is 61.0 cm³/mol. The fraction of sp³-hybridized carbons (Fsp3) is 0.600. The lowest BCUT2D eigenvalue weighted by Gasteiger charge is -2.28. The summed E-state index contributed by atoms with van der Waals surface area (Å²) in [4.78, 5) is 11.6. The first-order valence-electron chi connectivity index (χ1n) is 5.53. The average molecular weight is 223 g/mol. The molecule has 1 aromatic heterocycles. The van der Waals surface area contributed by atoms with Gasteiger partial charge in [-0.25, -0.2) is 4.68 Å². The number of amides is 1. The van der Waals surface area contributed by atoms with Gasteiger partial charge in [-0.15, -0.1) is 0 Å². The van der Waals surface area contributed by atoms with E-state index >= 15 is 0 Å². The quantitative estimate of drug-likeness (QED) is 0.654. The highest BCUT2D eigenvalue weighted by Gasteiger charge is 2.22. The first-order valence-corrected chi connectivity index (χ1v) is 5.53. The molecule has 16 heavy (non-hydrogen) atoms. The lowest BCUT2D eigenvalue weighted by molar-refractivity contribution is -0.117. The number of nitrogens with two attached hydrogens (primary N) is 1.